The van der Waals surface area contributed by atoms with Crippen LogP contribution >= 0.6 is 0 Å². The zero-order valence-corrected chi connectivity index (χ0v) is 10.7. The number of carbonyl (C=O) groups is 1. The summed E-state index contributed by atoms with van der Waals surface area (Å²) < 4.78 is 5.64. The number of rotatable bonds is 4. The molecule has 0 aromatic heterocycles. The number of ether oxygens (including phenoxy) is 1. The van der Waals surface area contributed by atoms with E-state index in [1.807, 2.05) is 0 Å². The van der Waals surface area contributed by atoms with E-state index in [0.717, 1.165) is 12.8 Å². The summed E-state index contributed by atoms with van der Waals surface area (Å²) in [5, 5.41) is 0. The van der Waals surface area contributed by atoms with Gasteiger partial charge in [-0.3, -0.25) is 4.79 Å². The highest BCUT2D eigenvalue weighted by Gasteiger charge is 2.51. The van der Waals surface area contributed by atoms with Crippen molar-refractivity contribution in [2.75, 3.05) is 7.11 Å². The first-order chi connectivity index (χ1) is 6.95. The van der Waals surface area contributed by atoms with Crippen molar-refractivity contribution in [3.05, 3.63) is 0 Å². The van der Waals surface area contributed by atoms with Gasteiger partial charge >= 0.3 is 0 Å². The Balaban J connectivity index is 2.88. The molecule has 0 radical (unpaired) electrons. The Kier molecular flexibility index (Phi) is 3.93. The number of carbonyl (C=O) groups excluding carboxylic acids is 1. The molecule has 2 unspecified atom stereocenters. The van der Waals surface area contributed by atoms with Crippen LogP contribution in [0.1, 0.15) is 47.0 Å². The summed E-state index contributed by atoms with van der Waals surface area (Å²) in [5.74, 6) is 1.45. The van der Waals surface area contributed by atoms with Gasteiger partial charge in [0.2, 0.25) is 0 Å². The van der Waals surface area contributed by atoms with Gasteiger partial charge < -0.3 is 4.74 Å². The van der Waals surface area contributed by atoms with Crippen molar-refractivity contribution in [3.63, 3.8) is 0 Å². The van der Waals surface area contributed by atoms with Gasteiger partial charge in [-0.1, -0.05) is 27.7 Å². The van der Waals surface area contributed by atoms with Crippen LogP contribution in [0.3, 0.4) is 0 Å². The molecule has 0 amide bonds. The maximum Gasteiger partial charge on any atom is 0.165 e. The van der Waals surface area contributed by atoms with E-state index in [2.05, 4.69) is 27.7 Å². The summed E-state index contributed by atoms with van der Waals surface area (Å²) in [5.41, 5.74) is -0.496. The van der Waals surface area contributed by atoms with E-state index in [-0.39, 0.29) is 0 Å². The minimum atomic E-state index is -0.496. The number of hydrogen-bond donors (Lipinski definition) is 0. The second-order valence-corrected chi connectivity index (χ2v) is 5.40. The van der Waals surface area contributed by atoms with Crippen LogP contribution in [0, 0.1) is 17.8 Å². The van der Waals surface area contributed by atoms with Gasteiger partial charge in [-0.25, -0.2) is 0 Å². The third kappa shape index (κ3) is 2.10. The average molecular weight is 212 g/mol. The summed E-state index contributed by atoms with van der Waals surface area (Å²) in [7, 11) is 1.69. The minimum absolute atomic E-state index is 0.303. The Morgan fingerprint density at radius 3 is 2.13 bits per heavy atom. The number of methoxy groups -OCH3 is 1. The first kappa shape index (κ1) is 12.7. The van der Waals surface area contributed by atoms with Crippen LogP contribution in [-0.4, -0.2) is 18.5 Å². The zero-order chi connectivity index (χ0) is 11.6. The van der Waals surface area contributed by atoms with Gasteiger partial charge in [0, 0.05) is 13.5 Å². The van der Waals surface area contributed by atoms with Gasteiger partial charge in [0.05, 0.1) is 0 Å². The van der Waals surface area contributed by atoms with E-state index in [1.54, 1.807) is 7.11 Å². The van der Waals surface area contributed by atoms with Crippen molar-refractivity contribution >= 4 is 5.78 Å². The van der Waals surface area contributed by atoms with Crippen molar-refractivity contribution in [2.24, 2.45) is 17.8 Å². The molecule has 1 fully saturated rings. The zero-order valence-electron chi connectivity index (χ0n) is 10.7. The highest BCUT2D eigenvalue weighted by atomic mass is 16.5. The minimum Gasteiger partial charge on any atom is -0.370 e. The normalized spacial score (nSPS) is 36.1. The van der Waals surface area contributed by atoms with Crippen molar-refractivity contribution in [1.29, 1.82) is 0 Å². The van der Waals surface area contributed by atoms with Crippen molar-refractivity contribution in [2.45, 2.75) is 52.6 Å². The van der Waals surface area contributed by atoms with Crippen LogP contribution in [0.4, 0.5) is 0 Å². The van der Waals surface area contributed by atoms with Crippen molar-refractivity contribution in [1.82, 2.24) is 0 Å². The van der Waals surface area contributed by atoms with Crippen LogP contribution in [-0.2, 0) is 9.53 Å². The number of ketones is 1. The van der Waals surface area contributed by atoms with Crippen molar-refractivity contribution < 1.29 is 9.53 Å². The molecule has 1 aliphatic carbocycles. The van der Waals surface area contributed by atoms with Crippen LogP contribution in [0.2, 0.25) is 0 Å². The second-order valence-electron chi connectivity index (χ2n) is 5.40. The Hall–Kier alpha value is -0.370. The Morgan fingerprint density at radius 2 is 1.80 bits per heavy atom. The van der Waals surface area contributed by atoms with E-state index < -0.39 is 5.60 Å². The highest BCUT2D eigenvalue weighted by molar-refractivity contribution is 5.88. The van der Waals surface area contributed by atoms with Gasteiger partial charge in [0.1, 0.15) is 5.60 Å². The summed E-state index contributed by atoms with van der Waals surface area (Å²) in [6.45, 7) is 8.47. The lowest BCUT2D eigenvalue weighted by atomic mass is 9.79. The molecule has 0 aliphatic heterocycles. The summed E-state index contributed by atoms with van der Waals surface area (Å²) in [6, 6.07) is 0. The molecule has 0 saturated heterocycles. The maximum absolute atomic E-state index is 12.3. The molecule has 0 N–H and O–H groups in total. The third-order valence-corrected chi connectivity index (χ3v) is 3.86. The molecular weight excluding hydrogens is 188 g/mol. The molecule has 1 rings (SSSR count). The van der Waals surface area contributed by atoms with Crippen molar-refractivity contribution in [3.8, 4) is 0 Å². The second kappa shape index (κ2) is 4.65. The molecule has 0 spiro atoms. The predicted octanol–water partition coefficient (Wildman–Crippen LogP) is 3.05. The van der Waals surface area contributed by atoms with Crippen LogP contribution in [0.5, 0.6) is 0 Å². The quantitative estimate of drug-likeness (QED) is 0.716. The molecule has 1 saturated carbocycles. The molecule has 0 aromatic carbocycles. The van der Waals surface area contributed by atoms with Gasteiger partial charge in [-0.2, -0.15) is 0 Å². The van der Waals surface area contributed by atoms with E-state index in [1.165, 1.54) is 0 Å². The molecule has 2 nitrogen and oxygen atoms in total. The Morgan fingerprint density at radius 1 is 1.33 bits per heavy atom. The molecule has 2 heteroatoms. The molecule has 0 bridgehead atoms. The Labute approximate surface area is 93.4 Å². The molecular formula is C13H24O2. The number of hydrogen-bond acceptors (Lipinski definition) is 2. The van der Waals surface area contributed by atoms with Gasteiger partial charge in [-0.05, 0) is 30.6 Å². The summed E-state index contributed by atoms with van der Waals surface area (Å²) >= 11 is 0. The monoisotopic (exact) mass is 212 g/mol. The standard InChI is InChI=1S/C13H24O2/c1-9(2)8-12(14)13(15-5)10(3)6-7-11(13)4/h9-11H,6-8H2,1-5H3. The molecule has 88 valence electrons. The average Bonchev–Trinajstić information content (AvgIpc) is 2.42. The van der Waals surface area contributed by atoms with E-state index in [0.29, 0.717) is 30.0 Å². The Bertz CT molecular complexity index is 223. The predicted molar refractivity (Wildman–Crippen MR) is 61.8 cm³/mol. The molecule has 1 aliphatic rings. The lowest BCUT2D eigenvalue weighted by Crippen LogP contribution is -2.48. The van der Waals surface area contributed by atoms with Crippen LogP contribution in [0.15, 0.2) is 0 Å². The summed E-state index contributed by atoms with van der Waals surface area (Å²) in [4.78, 5) is 12.3. The van der Waals surface area contributed by atoms with Gasteiger partial charge in [0.25, 0.3) is 0 Å². The van der Waals surface area contributed by atoms with Crippen LogP contribution < -0.4 is 0 Å². The van der Waals surface area contributed by atoms with Gasteiger partial charge in [-0.15, -0.1) is 0 Å². The number of Topliss-reactive ketones (excluding diaryl/α,β-unsaturated/α-hetero) is 1. The summed E-state index contributed by atoms with van der Waals surface area (Å²) in [6.07, 6.45) is 2.86. The molecule has 0 aromatic rings. The third-order valence-electron chi connectivity index (χ3n) is 3.86. The fourth-order valence-electron chi connectivity index (χ4n) is 3.01. The SMILES string of the molecule is COC1(C(=O)CC(C)C)C(C)CCC1C. The molecule has 2 atom stereocenters. The maximum atomic E-state index is 12.3. The molecule has 0 heterocycles. The van der Waals surface area contributed by atoms with E-state index in [9.17, 15) is 4.79 Å². The first-order valence-electron chi connectivity index (χ1n) is 6.03. The van der Waals surface area contributed by atoms with E-state index in [4.69, 9.17) is 4.74 Å². The smallest absolute Gasteiger partial charge is 0.165 e. The lowest BCUT2D eigenvalue weighted by molar-refractivity contribution is -0.151. The van der Waals surface area contributed by atoms with Gasteiger partial charge in [0.15, 0.2) is 5.78 Å². The fraction of sp³-hybridized carbons (Fsp3) is 0.923. The largest absolute Gasteiger partial charge is 0.370 e. The topological polar surface area (TPSA) is 26.3 Å². The van der Waals surface area contributed by atoms with Crippen LogP contribution in [0.25, 0.3) is 0 Å². The first-order valence-corrected chi connectivity index (χ1v) is 6.03. The highest BCUT2D eigenvalue weighted by Crippen LogP contribution is 2.44. The fourth-order valence-corrected chi connectivity index (χ4v) is 3.01. The lowest BCUT2D eigenvalue weighted by Gasteiger charge is -2.35. The molecule has 15 heavy (non-hydrogen) atoms. The van der Waals surface area contributed by atoms with E-state index >= 15 is 0 Å².